The molecular weight excluding hydrogens is 236 g/mol. The van der Waals surface area contributed by atoms with Gasteiger partial charge in [-0.15, -0.1) is 12.4 Å². The Morgan fingerprint density at radius 3 is 2.53 bits per heavy atom. The molecule has 0 radical (unpaired) electrons. The highest BCUT2D eigenvalue weighted by Crippen LogP contribution is 2.18. The zero-order valence-corrected chi connectivity index (χ0v) is 10.9. The second kappa shape index (κ2) is 6.03. The predicted octanol–water partition coefficient (Wildman–Crippen LogP) is 2.05. The molecule has 1 unspecified atom stereocenters. The van der Waals surface area contributed by atoms with Crippen LogP contribution in [0.3, 0.4) is 0 Å². The summed E-state index contributed by atoms with van der Waals surface area (Å²) >= 11 is 0. The second-order valence-electron chi connectivity index (χ2n) is 4.55. The number of halogens is 1. The van der Waals surface area contributed by atoms with Gasteiger partial charge in [-0.1, -0.05) is 19.1 Å². The fraction of sp³-hybridized carbons (Fsp3) is 0.462. The summed E-state index contributed by atoms with van der Waals surface area (Å²) in [5, 5.41) is 0. The van der Waals surface area contributed by atoms with Gasteiger partial charge in [0, 0.05) is 25.2 Å². The lowest BCUT2D eigenvalue weighted by atomic mass is 10.1. The first-order valence-electron chi connectivity index (χ1n) is 5.79. The van der Waals surface area contributed by atoms with Crippen LogP contribution in [0.5, 0.6) is 0 Å². The number of carbonyl (C=O) groups is 1. The van der Waals surface area contributed by atoms with E-state index in [-0.39, 0.29) is 18.3 Å². The standard InChI is InChI=1S/C13H18N2O.ClH/c1-10-6-7-15(9-10)13(16)12-4-2-11(8-14)3-5-12;/h2-5,10H,6-9,14H2,1H3;1H. The summed E-state index contributed by atoms with van der Waals surface area (Å²) in [6, 6.07) is 7.58. The average Bonchev–Trinajstić information content (AvgIpc) is 2.75. The third-order valence-electron chi connectivity index (χ3n) is 3.15. The van der Waals surface area contributed by atoms with Crippen molar-refractivity contribution in [2.24, 2.45) is 11.7 Å². The van der Waals surface area contributed by atoms with Gasteiger partial charge in [-0.25, -0.2) is 0 Å². The van der Waals surface area contributed by atoms with E-state index in [4.69, 9.17) is 5.73 Å². The van der Waals surface area contributed by atoms with Crippen molar-refractivity contribution < 1.29 is 4.79 Å². The van der Waals surface area contributed by atoms with E-state index in [1.807, 2.05) is 29.2 Å². The van der Waals surface area contributed by atoms with Gasteiger partial charge in [0.25, 0.3) is 5.91 Å². The summed E-state index contributed by atoms with van der Waals surface area (Å²) in [5.41, 5.74) is 7.35. The molecule has 0 saturated carbocycles. The molecule has 17 heavy (non-hydrogen) atoms. The van der Waals surface area contributed by atoms with Crippen LogP contribution in [0.2, 0.25) is 0 Å². The van der Waals surface area contributed by atoms with E-state index in [1.54, 1.807) is 0 Å². The molecule has 1 fully saturated rings. The maximum atomic E-state index is 12.1. The van der Waals surface area contributed by atoms with Crippen LogP contribution in [0.15, 0.2) is 24.3 Å². The molecule has 1 aliphatic rings. The zero-order chi connectivity index (χ0) is 11.5. The Balaban J connectivity index is 0.00000144. The van der Waals surface area contributed by atoms with Crippen LogP contribution in [-0.2, 0) is 6.54 Å². The van der Waals surface area contributed by atoms with E-state index < -0.39 is 0 Å². The fourth-order valence-corrected chi connectivity index (χ4v) is 2.09. The number of hydrogen-bond acceptors (Lipinski definition) is 2. The van der Waals surface area contributed by atoms with Crippen molar-refractivity contribution >= 4 is 18.3 Å². The molecule has 4 heteroatoms. The van der Waals surface area contributed by atoms with Crippen molar-refractivity contribution in [3.05, 3.63) is 35.4 Å². The minimum Gasteiger partial charge on any atom is -0.338 e. The van der Waals surface area contributed by atoms with Crippen molar-refractivity contribution in [3.8, 4) is 0 Å². The monoisotopic (exact) mass is 254 g/mol. The van der Waals surface area contributed by atoms with Crippen molar-refractivity contribution in [2.75, 3.05) is 13.1 Å². The smallest absolute Gasteiger partial charge is 0.253 e. The van der Waals surface area contributed by atoms with E-state index in [9.17, 15) is 4.79 Å². The molecule has 2 N–H and O–H groups in total. The maximum absolute atomic E-state index is 12.1. The van der Waals surface area contributed by atoms with E-state index >= 15 is 0 Å². The van der Waals surface area contributed by atoms with E-state index in [0.29, 0.717) is 12.5 Å². The van der Waals surface area contributed by atoms with Gasteiger partial charge in [0.15, 0.2) is 0 Å². The summed E-state index contributed by atoms with van der Waals surface area (Å²) in [5.74, 6) is 0.778. The highest BCUT2D eigenvalue weighted by atomic mass is 35.5. The summed E-state index contributed by atoms with van der Waals surface area (Å²) in [6.07, 6.45) is 1.12. The molecule has 2 rings (SSSR count). The van der Waals surface area contributed by atoms with Gasteiger partial charge in [0.1, 0.15) is 0 Å². The van der Waals surface area contributed by atoms with Crippen LogP contribution in [0.25, 0.3) is 0 Å². The number of nitrogens with zero attached hydrogens (tertiary/aromatic N) is 1. The molecule has 1 saturated heterocycles. The van der Waals surface area contributed by atoms with Gasteiger partial charge < -0.3 is 10.6 Å². The van der Waals surface area contributed by atoms with Crippen LogP contribution < -0.4 is 5.73 Å². The average molecular weight is 255 g/mol. The molecule has 1 aliphatic heterocycles. The Morgan fingerprint density at radius 2 is 2.06 bits per heavy atom. The molecule has 1 amide bonds. The van der Waals surface area contributed by atoms with Gasteiger partial charge in [-0.05, 0) is 30.0 Å². The van der Waals surface area contributed by atoms with E-state index in [1.165, 1.54) is 0 Å². The normalized spacial score (nSPS) is 18.9. The fourth-order valence-electron chi connectivity index (χ4n) is 2.09. The van der Waals surface area contributed by atoms with Gasteiger partial charge in [-0.2, -0.15) is 0 Å². The highest BCUT2D eigenvalue weighted by molar-refractivity contribution is 5.94. The van der Waals surface area contributed by atoms with Crippen LogP contribution >= 0.6 is 12.4 Å². The number of likely N-dealkylation sites (tertiary alicyclic amines) is 1. The first-order chi connectivity index (χ1) is 7.70. The van der Waals surface area contributed by atoms with Gasteiger partial charge in [0.2, 0.25) is 0 Å². The van der Waals surface area contributed by atoms with E-state index in [2.05, 4.69) is 6.92 Å². The molecule has 1 atom stereocenters. The molecule has 3 nitrogen and oxygen atoms in total. The lowest BCUT2D eigenvalue weighted by molar-refractivity contribution is 0.0788. The summed E-state index contributed by atoms with van der Waals surface area (Å²) in [4.78, 5) is 14.0. The molecule has 0 aliphatic carbocycles. The third-order valence-corrected chi connectivity index (χ3v) is 3.15. The summed E-state index contributed by atoms with van der Waals surface area (Å²) in [6.45, 7) is 4.48. The molecule has 0 bridgehead atoms. The van der Waals surface area contributed by atoms with Gasteiger partial charge >= 0.3 is 0 Å². The Labute approximate surface area is 108 Å². The maximum Gasteiger partial charge on any atom is 0.253 e. The molecule has 94 valence electrons. The van der Waals surface area contributed by atoms with Crippen LogP contribution in [0.4, 0.5) is 0 Å². The Kier molecular flexibility index (Phi) is 4.97. The molecule has 1 aromatic carbocycles. The third kappa shape index (κ3) is 3.20. The summed E-state index contributed by atoms with van der Waals surface area (Å²) in [7, 11) is 0. The number of nitrogens with two attached hydrogens (primary N) is 1. The van der Waals surface area contributed by atoms with Crippen LogP contribution in [0, 0.1) is 5.92 Å². The zero-order valence-electron chi connectivity index (χ0n) is 10.1. The Morgan fingerprint density at radius 1 is 1.41 bits per heavy atom. The quantitative estimate of drug-likeness (QED) is 0.878. The van der Waals surface area contributed by atoms with Crippen molar-refractivity contribution in [1.82, 2.24) is 4.90 Å². The minimum absolute atomic E-state index is 0. The lowest BCUT2D eigenvalue weighted by Crippen LogP contribution is -2.28. The van der Waals surface area contributed by atoms with Gasteiger partial charge in [0.05, 0.1) is 0 Å². The summed E-state index contributed by atoms with van der Waals surface area (Å²) < 4.78 is 0. The van der Waals surface area contributed by atoms with Crippen LogP contribution in [0.1, 0.15) is 29.3 Å². The molecule has 1 aromatic rings. The largest absolute Gasteiger partial charge is 0.338 e. The molecule has 0 spiro atoms. The Bertz CT molecular complexity index is 378. The number of benzene rings is 1. The lowest BCUT2D eigenvalue weighted by Gasteiger charge is -2.15. The SMILES string of the molecule is CC1CCN(C(=O)c2ccc(CN)cc2)C1.Cl. The van der Waals surface area contributed by atoms with Crippen LogP contribution in [-0.4, -0.2) is 23.9 Å². The van der Waals surface area contributed by atoms with Crippen molar-refractivity contribution in [1.29, 1.82) is 0 Å². The van der Waals surface area contributed by atoms with Crippen molar-refractivity contribution in [2.45, 2.75) is 19.9 Å². The van der Waals surface area contributed by atoms with E-state index in [0.717, 1.165) is 30.6 Å². The topological polar surface area (TPSA) is 46.3 Å². The number of carbonyl (C=O) groups excluding carboxylic acids is 1. The predicted molar refractivity (Wildman–Crippen MR) is 71.3 cm³/mol. The highest BCUT2D eigenvalue weighted by Gasteiger charge is 2.23. The number of amides is 1. The molecular formula is C13H19ClN2O. The first kappa shape index (κ1) is 14.0. The minimum atomic E-state index is 0. The number of hydrogen-bond donors (Lipinski definition) is 1. The Hall–Kier alpha value is -1.06. The molecule has 0 aromatic heterocycles. The second-order valence-corrected chi connectivity index (χ2v) is 4.55. The molecule has 1 heterocycles. The van der Waals surface area contributed by atoms with Crippen molar-refractivity contribution in [3.63, 3.8) is 0 Å². The first-order valence-corrected chi connectivity index (χ1v) is 5.79. The number of rotatable bonds is 2. The van der Waals surface area contributed by atoms with Gasteiger partial charge in [-0.3, -0.25) is 4.79 Å².